The molecule has 78 valence electrons. The van der Waals surface area contributed by atoms with Crippen LogP contribution in [0.1, 0.15) is 40.0 Å². The molecule has 0 N–H and O–H groups in total. The molecule has 0 aromatic rings. The Morgan fingerprint density at radius 3 is 1.77 bits per heavy atom. The third kappa shape index (κ3) is 3.65. The van der Waals surface area contributed by atoms with Crippen molar-refractivity contribution in [3.8, 4) is 0 Å². The lowest BCUT2D eigenvalue weighted by molar-refractivity contribution is -0.0527. The number of rotatable bonds is 4. The molecule has 0 amide bonds. The van der Waals surface area contributed by atoms with E-state index in [0.717, 1.165) is 25.6 Å². The molecule has 2 atom stereocenters. The van der Waals surface area contributed by atoms with Crippen LogP contribution in [-0.2, 0) is 9.47 Å². The van der Waals surface area contributed by atoms with Crippen LogP contribution in [-0.4, -0.2) is 25.4 Å². The molecular formula is C11H22O2. The Kier molecular flexibility index (Phi) is 4.74. The summed E-state index contributed by atoms with van der Waals surface area (Å²) in [6, 6.07) is 0. The first-order valence-corrected chi connectivity index (χ1v) is 5.49. The molecule has 1 rings (SSSR count). The number of ether oxygens (including phenoxy) is 2. The molecular weight excluding hydrogens is 164 g/mol. The van der Waals surface area contributed by atoms with Crippen molar-refractivity contribution in [3.05, 3.63) is 0 Å². The lowest BCUT2D eigenvalue weighted by atomic mass is 9.86. The molecule has 1 saturated carbocycles. The summed E-state index contributed by atoms with van der Waals surface area (Å²) in [5.74, 6) is 0.752. The van der Waals surface area contributed by atoms with Crippen LogP contribution in [0, 0.1) is 5.92 Å². The van der Waals surface area contributed by atoms with E-state index >= 15 is 0 Å². The van der Waals surface area contributed by atoms with Crippen LogP contribution in [0.15, 0.2) is 0 Å². The van der Waals surface area contributed by atoms with Crippen LogP contribution in [0.3, 0.4) is 0 Å². The normalized spacial score (nSPS) is 34.8. The molecule has 0 aromatic carbocycles. The van der Waals surface area contributed by atoms with Crippen molar-refractivity contribution < 1.29 is 9.47 Å². The fraction of sp³-hybridized carbons (Fsp3) is 1.00. The minimum absolute atomic E-state index is 0.435. The molecule has 0 saturated heterocycles. The summed E-state index contributed by atoms with van der Waals surface area (Å²) in [6.45, 7) is 8.08. The van der Waals surface area contributed by atoms with Gasteiger partial charge in [0, 0.05) is 13.2 Å². The molecule has 2 heteroatoms. The fourth-order valence-electron chi connectivity index (χ4n) is 2.22. The first-order chi connectivity index (χ1) is 6.26. The Labute approximate surface area is 81.6 Å². The monoisotopic (exact) mass is 186 g/mol. The Morgan fingerprint density at radius 1 is 0.923 bits per heavy atom. The molecule has 0 aliphatic heterocycles. The van der Waals surface area contributed by atoms with Gasteiger partial charge in [0.15, 0.2) is 0 Å². The predicted octanol–water partition coefficient (Wildman–Crippen LogP) is 2.62. The van der Waals surface area contributed by atoms with Crippen molar-refractivity contribution in [1.29, 1.82) is 0 Å². The largest absolute Gasteiger partial charge is 0.378 e. The summed E-state index contributed by atoms with van der Waals surface area (Å²) in [5, 5.41) is 0. The Morgan fingerprint density at radius 2 is 1.38 bits per heavy atom. The molecule has 2 unspecified atom stereocenters. The van der Waals surface area contributed by atoms with Crippen LogP contribution in [0.4, 0.5) is 0 Å². The maximum absolute atomic E-state index is 5.65. The van der Waals surface area contributed by atoms with Gasteiger partial charge < -0.3 is 9.47 Å². The molecule has 1 aliphatic rings. The zero-order chi connectivity index (χ0) is 9.68. The van der Waals surface area contributed by atoms with Gasteiger partial charge in [0.1, 0.15) is 0 Å². The molecule has 1 fully saturated rings. The van der Waals surface area contributed by atoms with Gasteiger partial charge in [-0.25, -0.2) is 0 Å². The molecule has 0 spiro atoms. The SMILES string of the molecule is CCOC1CC(C)CC(OCC)C1. The maximum Gasteiger partial charge on any atom is 0.0602 e. The van der Waals surface area contributed by atoms with E-state index in [9.17, 15) is 0 Å². The van der Waals surface area contributed by atoms with Crippen LogP contribution in [0.25, 0.3) is 0 Å². The summed E-state index contributed by atoms with van der Waals surface area (Å²) < 4.78 is 11.3. The zero-order valence-electron chi connectivity index (χ0n) is 9.08. The van der Waals surface area contributed by atoms with E-state index in [-0.39, 0.29) is 0 Å². The van der Waals surface area contributed by atoms with Crippen molar-refractivity contribution >= 4 is 0 Å². The second-order valence-corrected chi connectivity index (χ2v) is 3.97. The second kappa shape index (κ2) is 5.61. The standard InChI is InChI=1S/C11H22O2/c1-4-12-10-6-9(3)7-11(8-10)13-5-2/h9-11H,4-8H2,1-3H3. The van der Waals surface area contributed by atoms with Crippen LogP contribution < -0.4 is 0 Å². The highest BCUT2D eigenvalue weighted by atomic mass is 16.5. The lowest BCUT2D eigenvalue weighted by Crippen LogP contribution is -2.32. The summed E-state index contributed by atoms with van der Waals surface area (Å²) in [5.41, 5.74) is 0. The zero-order valence-corrected chi connectivity index (χ0v) is 9.08. The van der Waals surface area contributed by atoms with Crippen molar-refractivity contribution in [2.45, 2.75) is 52.2 Å². The highest BCUT2D eigenvalue weighted by molar-refractivity contribution is 4.77. The fourth-order valence-corrected chi connectivity index (χ4v) is 2.22. The summed E-state index contributed by atoms with van der Waals surface area (Å²) in [7, 11) is 0. The van der Waals surface area contributed by atoms with Gasteiger partial charge in [0.05, 0.1) is 12.2 Å². The van der Waals surface area contributed by atoms with E-state index in [4.69, 9.17) is 9.47 Å². The number of hydrogen-bond donors (Lipinski definition) is 0. The van der Waals surface area contributed by atoms with Gasteiger partial charge >= 0.3 is 0 Å². The summed E-state index contributed by atoms with van der Waals surface area (Å²) in [6.07, 6.45) is 4.37. The van der Waals surface area contributed by atoms with E-state index in [0.29, 0.717) is 12.2 Å². The maximum atomic E-state index is 5.65. The van der Waals surface area contributed by atoms with Gasteiger partial charge in [-0.3, -0.25) is 0 Å². The molecule has 0 aromatic heterocycles. The van der Waals surface area contributed by atoms with Gasteiger partial charge in [-0.05, 0) is 39.0 Å². The first kappa shape index (κ1) is 11.0. The average molecular weight is 186 g/mol. The van der Waals surface area contributed by atoms with Gasteiger partial charge in [-0.2, -0.15) is 0 Å². The highest BCUT2D eigenvalue weighted by Crippen LogP contribution is 2.28. The third-order valence-electron chi connectivity index (χ3n) is 2.66. The Hall–Kier alpha value is -0.0800. The number of hydrogen-bond acceptors (Lipinski definition) is 2. The van der Waals surface area contributed by atoms with E-state index < -0.39 is 0 Å². The molecule has 0 radical (unpaired) electrons. The van der Waals surface area contributed by atoms with E-state index in [1.807, 2.05) is 0 Å². The van der Waals surface area contributed by atoms with Crippen molar-refractivity contribution in [2.75, 3.05) is 13.2 Å². The average Bonchev–Trinajstić information content (AvgIpc) is 2.04. The summed E-state index contributed by atoms with van der Waals surface area (Å²) in [4.78, 5) is 0. The van der Waals surface area contributed by atoms with Crippen molar-refractivity contribution in [1.82, 2.24) is 0 Å². The van der Waals surface area contributed by atoms with Gasteiger partial charge in [-0.1, -0.05) is 6.92 Å². The topological polar surface area (TPSA) is 18.5 Å². The Bertz CT molecular complexity index is 122. The lowest BCUT2D eigenvalue weighted by Gasteiger charge is -2.32. The smallest absolute Gasteiger partial charge is 0.0602 e. The van der Waals surface area contributed by atoms with Gasteiger partial charge in [-0.15, -0.1) is 0 Å². The molecule has 0 bridgehead atoms. The minimum atomic E-state index is 0.435. The first-order valence-electron chi connectivity index (χ1n) is 5.49. The van der Waals surface area contributed by atoms with Crippen LogP contribution in [0.2, 0.25) is 0 Å². The van der Waals surface area contributed by atoms with Crippen LogP contribution in [0.5, 0.6) is 0 Å². The Balaban J connectivity index is 2.33. The van der Waals surface area contributed by atoms with E-state index in [2.05, 4.69) is 20.8 Å². The van der Waals surface area contributed by atoms with Gasteiger partial charge in [0.25, 0.3) is 0 Å². The minimum Gasteiger partial charge on any atom is -0.378 e. The molecule has 0 heterocycles. The molecule has 1 aliphatic carbocycles. The third-order valence-corrected chi connectivity index (χ3v) is 2.66. The highest BCUT2D eigenvalue weighted by Gasteiger charge is 2.26. The van der Waals surface area contributed by atoms with Crippen molar-refractivity contribution in [3.63, 3.8) is 0 Å². The molecule has 2 nitrogen and oxygen atoms in total. The quantitative estimate of drug-likeness (QED) is 0.672. The van der Waals surface area contributed by atoms with Gasteiger partial charge in [0.2, 0.25) is 0 Å². The molecule has 13 heavy (non-hydrogen) atoms. The summed E-state index contributed by atoms with van der Waals surface area (Å²) >= 11 is 0. The predicted molar refractivity (Wildman–Crippen MR) is 53.8 cm³/mol. The van der Waals surface area contributed by atoms with E-state index in [1.54, 1.807) is 0 Å². The second-order valence-electron chi connectivity index (χ2n) is 3.97. The van der Waals surface area contributed by atoms with E-state index in [1.165, 1.54) is 12.8 Å². The van der Waals surface area contributed by atoms with Crippen LogP contribution >= 0.6 is 0 Å². The van der Waals surface area contributed by atoms with Crippen molar-refractivity contribution in [2.24, 2.45) is 5.92 Å².